The zero-order valence-electron chi connectivity index (χ0n) is 16.8. The minimum absolute atomic E-state index is 0.0419. The predicted molar refractivity (Wildman–Crippen MR) is 113 cm³/mol. The standard InChI is InChI=1S/C19H29BrNO6P/c1-5-25-28(24,26-6-2)12-11-17(22)18(13-14(3)4)27-19(23)21-16-9-7-15(20)8-10-16/h7-10,14,18H,5-6,11-13H2,1-4H3,(H,21,23)/t18-/m0/s1. The smallest absolute Gasteiger partial charge is 0.412 e. The summed E-state index contributed by atoms with van der Waals surface area (Å²) in [5.41, 5.74) is 0.557. The van der Waals surface area contributed by atoms with Crippen LogP contribution in [0.1, 0.15) is 40.5 Å². The van der Waals surface area contributed by atoms with E-state index in [1.165, 1.54) is 0 Å². The van der Waals surface area contributed by atoms with Gasteiger partial charge in [-0.3, -0.25) is 14.7 Å². The van der Waals surface area contributed by atoms with Gasteiger partial charge < -0.3 is 13.8 Å². The van der Waals surface area contributed by atoms with Gasteiger partial charge in [0.1, 0.15) is 0 Å². The topological polar surface area (TPSA) is 90.9 Å². The predicted octanol–water partition coefficient (Wildman–Crippen LogP) is 5.64. The van der Waals surface area contributed by atoms with Crippen LogP contribution in [0.5, 0.6) is 0 Å². The maximum atomic E-state index is 12.6. The van der Waals surface area contributed by atoms with Gasteiger partial charge in [-0.2, -0.15) is 0 Å². The van der Waals surface area contributed by atoms with E-state index < -0.39 is 19.8 Å². The fourth-order valence-corrected chi connectivity index (χ4v) is 4.33. The van der Waals surface area contributed by atoms with E-state index >= 15 is 0 Å². The van der Waals surface area contributed by atoms with Crippen LogP contribution < -0.4 is 5.32 Å². The SMILES string of the molecule is CCOP(=O)(CCC(=O)[C@H](CC(C)C)OC(=O)Nc1ccc(Br)cc1)OCC. The molecule has 1 aromatic carbocycles. The van der Waals surface area contributed by atoms with Crippen LogP contribution in [-0.2, 0) is 23.1 Å². The van der Waals surface area contributed by atoms with Crippen molar-refractivity contribution in [2.45, 2.75) is 46.6 Å². The number of benzene rings is 1. The quantitative estimate of drug-likeness (QED) is 0.391. The molecule has 1 N–H and O–H groups in total. The molecule has 0 unspecified atom stereocenters. The second-order valence-corrected chi connectivity index (χ2v) is 9.64. The third-order valence-corrected chi connectivity index (χ3v) is 6.27. The fraction of sp³-hybridized carbons (Fsp3) is 0.579. The third-order valence-electron chi connectivity index (χ3n) is 3.67. The summed E-state index contributed by atoms with van der Waals surface area (Å²) in [5.74, 6) is -0.167. The summed E-state index contributed by atoms with van der Waals surface area (Å²) in [6.45, 7) is 7.75. The maximum absolute atomic E-state index is 12.6. The molecule has 1 atom stereocenters. The lowest BCUT2D eigenvalue weighted by atomic mass is 10.0. The highest BCUT2D eigenvalue weighted by Gasteiger charge is 2.29. The minimum atomic E-state index is -3.32. The van der Waals surface area contributed by atoms with E-state index in [1.807, 2.05) is 13.8 Å². The number of anilines is 1. The van der Waals surface area contributed by atoms with Crippen molar-refractivity contribution in [3.05, 3.63) is 28.7 Å². The van der Waals surface area contributed by atoms with Gasteiger partial charge in [-0.15, -0.1) is 0 Å². The zero-order valence-corrected chi connectivity index (χ0v) is 19.3. The molecule has 9 heteroatoms. The molecule has 158 valence electrons. The Morgan fingerprint density at radius 2 is 1.68 bits per heavy atom. The molecule has 1 aromatic rings. The summed E-state index contributed by atoms with van der Waals surface area (Å²) in [6, 6.07) is 6.99. The van der Waals surface area contributed by atoms with Crippen molar-refractivity contribution in [2.75, 3.05) is 24.7 Å². The Bertz CT molecular complexity index is 670. The van der Waals surface area contributed by atoms with Gasteiger partial charge in [0.2, 0.25) is 0 Å². The number of halogens is 1. The Morgan fingerprint density at radius 1 is 1.11 bits per heavy atom. The average Bonchev–Trinajstić information content (AvgIpc) is 2.61. The van der Waals surface area contributed by atoms with Crippen molar-refractivity contribution in [1.82, 2.24) is 0 Å². The highest BCUT2D eigenvalue weighted by molar-refractivity contribution is 9.10. The molecule has 28 heavy (non-hydrogen) atoms. The van der Waals surface area contributed by atoms with Crippen molar-refractivity contribution in [3.63, 3.8) is 0 Å². The summed E-state index contributed by atoms with van der Waals surface area (Å²) in [5, 5.41) is 2.60. The Morgan fingerprint density at radius 3 is 2.18 bits per heavy atom. The number of rotatable bonds is 12. The summed E-state index contributed by atoms with van der Waals surface area (Å²) >= 11 is 3.32. The Hall–Kier alpha value is -1.21. The van der Waals surface area contributed by atoms with Crippen molar-refractivity contribution in [1.29, 1.82) is 0 Å². The number of nitrogens with one attached hydrogen (secondary N) is 1. The molecule has 0 spiro atoms. The summed E-state index contributed by atoms with van der Waals surface area (Å²) in [7, 11) is -3.32. The summed E-state index contributed by atoms with van der Waals surface area (Å²) in [6.07, 6.45) is -1.36. The normalized spacial score (nSPS) is 12.6. The molecule has 0 aliphatic rings. The number of Topliss-reactive ketones (excluding diaryl/α,β-unsaturated/α-hetero) is 1. The van der Waals surface area contributed by atoms with Crippen LogP contribution in [0.4, 0.5) is 10.5 Å². The second-order valence-electron chi connectivity index (χ2n) is 6.54. The third kappa shape index (κ3) is 9.32. The van der Waals surface area contributed by atoms with Crippen molar-refractivity contribution < 1.29 is 27.9 Å². The van der Waals surface area contributed by atoms with Crippen LogP contribution in [0.3, 0.4) is 0 Å². The molecular formula is C19H29BrNO6P. The molecule has 0 aromatic heterocycles. The largest absolute Gasteiger partial charge is 0.438 e. The van der Waals surface area contributed by atoms with E-state index in [2.05, 4.69) is 21.2 Å². The number of hydrogen-bond acceptors (Lipinski definition) is 6. The number of ketones is 1. The second kappa shape index (κ2) is 12.4. The molecule has 0 bridgehead atoms. The number of amides is 1. The van der Waals surface area contributed by atoms with Crippen molar-refractivity contribution >= 4 is 41.1 Å². The van der Waals surface area contributed by atoms with E-state index in [4.69, 9.17) is 13.8 Å². The lowest BCUT2D eigenvalue weighted by molar-refractivity contribution is -0.127. The summed E-state index contributed by atoms with van der Waals surface area (Å²) < 4.78 is 29.2. The van der Waals surface area contributed by atoms with Crippen LogP contribution in [0.15, 0.2) is 28.7 Å². The molecule has 0 fully saturated rings. The minimum Gasteiger partial charge on any atom is -0.438 e. The van der Waals surface area contributed by atoms with Crippen LogP contribution in [0.2, 0.25) is 0 Å². The Labute approximate surface area is 175 Å². The highest BCUT2D eigenvalue weighted by Crippen LogP contribution is 2.48. The number of carbonyl (C=O) groups is 2. The molecule has 7 nitrogen and oxygen atoms in total. The van der Waals surface area contributed by atoms with Crippen molar-refractivity contribution in [2.24, 2.45) is 5.92 Å². The van der Waals surface area contributed by atoms with Gasteiger partial charge in [0.05, 0.1) is 19.4 Å². The van der Waals surface area contributed by atoms with E-state index in [-0.39, 0.29) is 37.5 Å². The van der Waals surface area contributed by atoms with E-state index in [9.17, 15) is 14.2 Å². The number of ether oxygens (including phenoxy) is 1. The average molecular weight is 478 g/mol. The highest BCUT2D eigenvalue weighted by atomic mass is 79.9. The van der Waals surface area contributed by atoms with Gasteiger partial charge in [-0.05, 0) is 50.5 Å². The molecule has 0 radical (unpaired) electrons. The molecule has 0 aliphatic carbocycles. The van der Waals surface area contributed by atoms with Gasteiger partial charge in [-0.25, -0.2) is 4.79 Å². The van der Waals surface area contributed by atoms with E-state index in [0.717, 1.165) is 4.47 Å². The van der Waals surface area contributed by atoms with E-state index in [0.29, 0.717) is 12.1 Å². The molecular weight excluding hydrogens is 449 g/mol. The van der Waals surface area contributed by atoms with Crippen LogP contribution in [0, 0.1) is 5.92 Å². The monoisotopic (exact) mass is 477 g/mol. The van der Waals surface area contributed by atoms with Crippen LogP contribution >= 0.6 is 23.5 Å². The molecule has 0 saturated carbocycles. The Kier molecular flexibility index (Phi) is 11.0. The fourth-order valence-electron chi connectivity index (χ4n) is 2.45. The first kappa shape index (κ1) is 24.8. The first-order valence-electron chi connectivity index (χ1n) is 9.33. The van der Waals surface area contributed by atoms with E-state index in [1.54, 1.807) is 38.1 Å². The van der Waals surface area contributed by atoms with Gasteiger partial charge in [0, 0.05) is 16.6 Å². The lowest BCUT2D eigenvalue weighted by Crippen LogP contribution is -2.31. The first-order valence-corrected chi connectivity index (χ1v) is 11.8. The Balaban J connectivity index is 2.71. The molecule has 0 saturated heterocycles. The van der Waals surface area contributed by atoms with Gasteiger partial charge in [0.15, 0.2) is 11.9 Å². The molecule has 1 rings (SSSR count). The summed E-state index contributed by atoms with van der Waals surface area (Å²) in [4.78, 5) is 24.8. The van der Waals surface area contributed by atoms with Gasteiger partial charge >= 0.3 is 13.7 Å². The number of hydrogen-bond donors (Lipinski definition) is 1. The molecule has 0 aliphatic heterocycles. The van der Waals surface area contributed by atoms with Gasteiger partial charge in [-0.1, -0.05) is 29.8 Å². The van der Waals surface area contributed by atoms with Gasteiger partial charge in [0.25, 0.3) is 0 Å². The van der Waals surface area contributed by atoms with Crippen LogP contribution in [0.25, 0.3) is 0 Å². The zero-order chi connectivity index (χ0) is 21.2. The molecule has 1 amide bonds. The number of carbonyl (C=O) groups excluding carboxylic acids is 2. The lowest BCUT2D eigenvalue weighted by Gasteiger charge is -2.21. The maximum Gasteiger partial charge on any atom is 0.412 e. The van der Waals surface area contributed by atoms with Crippen LogP contribution in [-0.4, -0.2) is 37.4 Å². The van der Waals surface area contributed by atoms with Crippen molar-refractivity contribution in [3.8, 4) is 0 Å². The first-order chi connectivity index (χ1) is 13.2. The molecule has 0 heterocycles.